The SMILES string of the molecule is CNC(=O)C1CCN(c2nc3ncn(Cc4ccc(F)c(F)c4)c(=O)c3s2)CC1. The van der Waals surface area contributed by atoms with Crippen molar-refractivity contribution in [1.29, 1.82) is 0 Å². The first-order valence-electron chi connectivity index (χ1n) is 9.22. The number of benzene rings is 1. The minimum absolute atomic E-state index is 0.00270. The summed E-state index contributed by atoms with van der Waals surface area (Å²) in [5.74, 6) is -1.83. The zero-order valence-corrected chi connectivity index (χ0v) is 16.5. The summed E-state index contributed by atoms with van der Waals surface area (Å²) in [5, 5.41) is 3.38. The van der Waals surface area contributed by atoms with Gasteiger partial charge in [0.25, 0.3) is 5.56 Å². The van der Waals surface area contributed by atoms with E-state index in [0.29, 0.717) is 34.1 Å². The molecular weight excluding hydrogens is 400 g/mol. The van der Waals surface area contributed by atoms with Crippen LogP contribution in [0.5, 0.6) is 0 Å². The Balaban J connectivity index is 1.56. The molecule has 1 fully saturated rings. The lowest BCUT2D eigenvalue weighted by atomic mass is 9.96. The molecule has 29 heavy (non-hydrogen) atoms. The first kappa shape index (κ1) is 19.4. The third-order valence-electron chi connectivity index (χ3n) is 5.09. The average molecular weight is 419 g/mol. The molecule has 1 N–H and O–H groups in total. The summed E-state index contributed by atoms with van der Waals surface area (Å²) in [4.78, 5) is 35.4. The number of hydrogen-bond acceptors (Lipinski definition) is 6. The van der Waals surface area contributed by atoms with Crippen molar-refractivity contribution in [2.45, 2.75) is 19.4 Å². The van der Waals surface area contributed by atoms with Crippen LogP contribution >= 0.6 is 11.3 Å². The highest BCUT2D eigenvalue weighted by atomic mass is 32.1. The van der Waals surface area contributed by atoms with Gasteiger partial charge in [0.1, 0.15) is 11.0 Å². The quantitative estimate of drug-likeness (QED) is 0.701. The van der Waals surface area contributed by atoms with E-state index in [9.17, 15) is 18.4 Å². The Bertz CT molecular complexity index is 1120. The number of carbonyl (C=O) groups is 1. The fourth-order valence-electron chi connectivity index (χ4n) is 3.45. The lowest BCUT2D eigenvalue weighted by molar-refractivity contribution is -0.125. The molecule has 10 heteroatoms. The van der Waals surface area contributed by atoms with Crippen molar-refractivity contribution in [3.8, 4) is 0 Å². The second-order valence-corrected chi connectivity index (χ2v) is 7.93. The third kappa shape index (κ3) is 3.84. The number of carbonyl (C=O) groups excluding carboxylic acids is 1. The molecule has 0 bridgehead atoms. The Morgan fingerprint density at radius 3 is 2.72 bits per heavy atom. The maximum Gasteiger partial charge on any atom is 0.273 e. The molecule has 4 rings (SSSR count). The van der Waals surface area contributed by atoms with Gasteiger partial charge in [0.2, 0.25) is 5.91 Å². The number of halogens is 2. The van der Waals surface area contributed by atoms with Gasteiger partial charge in [-0.1, -0.05) is 17.4 Å². The van der Waals surface area contributed by atoms with Crippen LogP contribution in [0, 0.1) is 17.6 Å². The van der Waals surface area contributed by atoms with Gasteiger partial charge in [-0.3, -0.25) is 14.2 Å². The van der Waals surface area contributed by atoms with E-state index >= 15 is 0 Å². The molecule has 0 unspecified atom stereocenters. The summed E-state index contributed by atoms with van der Waals surface area (Å²) >= 11 is 1.26. The molecule has 152 valence electrons. The van der Waals surface area contributed by atoms with E-state index in [1.165, 1.54) is 28.3 Å². The standard InChI is InChI=1S/C19H19F2N5O2S/c1-22-17(27)12-4-6-25(7-5-12)19-24-16-15(29-19)18(28)26(10-23-16)9-11-2-3-13(20)14(21)8-11/h2-3,8,10,12H,4-7,9H2,1H3,(H,22,27). The minimum Gasteiger partial charge on any atom is -0.359 e. The van der Waals surface area contributed by atoms with Crippen LogP contribution in [0.25, 0.3) is 10.3 Å². The number of nitrogens with zero attached hydrogens (tertiary/aromatic N) is 4. The number of anilines is 1. The third-order valence-corrected chi connectivity index (χ3v) is 6.19. The van der Waals surface area contributed by atoms with Crippen molar-refractivity contribution < 1.29 is 13.6 Å². The first-order valence-corrected chi connectivity index (χ1v) is 10.0. The van der Waals surface area contributed by atoms with Crippen molar-refractivity contribution in [2.75, 3.05) is 25.0 Å². The molecular formula is C19H19F2N5O2S. The van der Waals surface area contributed by atoms with Gasteiger partial charge in [-0.15, -0.1) is 0 Å². The predicted molar refractivity (Wildman–Crippen MR) is 106 cm³/mol. The Morgan fingerprint density at radius 1 is 1.28 bits per heavy atom. The molecule has 7 nitrogen and oxygen atoms in total. The van der Waals surface area contributed by atoms with Gasteiger partial charge in [-0.05, 0) is 30.5 Å². The number of aromatic nitrogens is 3. The molecule has 3 heterocycles. The molecule has 1 aliphatic heterocycles. The number of fused-ring (bicyclic) bond motifs is 1. The Labute approximate surface area is 169 Å². The van der Waals surface area contributed by atoms with E-state index in [1.807, 2.05) is 0 Å². The zero-order chi connectivity index (χ0) is 20.5. The van der Waals surface area contributed by atoms with E-state index in [0.717, 1.165) is 25.0 Å². The number of piperidine rings is 1. The first-order chi connectivity index (χ1) is 14.0. The summed E-state index contributed by atoms with van der Waals surface area (Å²) < 4.78 is 28.3. The van der Waals surface area contributed by atoms with Gasteiger partial charge in [0, 0.05) is 26.1 Å². The smallest absolute Gasteiger partial charge is 0.273 e. The second-order valence-electron chi connectivity index (χ2n) is 6.95. The van der Waals surface area contributed by atoms with Gasteiger partial charge in [0.05, 0.1) is 6.54 Å². The number of nitrogens with one attached hydrogen (secondary N) is 1. The lowest BCUT2D eigenvalue weighted by Crippen LogP contribution is -2.39. The monoisotopic (exact) mass is 419 g/mol. The fourth-order valence-corrected chi connectivity index (χ4v) is 4.48. The highest BCUT2D eigenvalue weighted by Crippen LogP contribution is 2.29. The van der Waals surface area contributed by atoms with Gasteiger partial charge >= 0.3 is 0 Å². The van der Waals surface area contributed by atoms with Crippen molar-refractivity contribution in [2.24, 2.45) is 5.92 Å². The van der Waals surface area contributed by atoms with Gasteiger partial charge in [-0.2, -0.15) is 4.98 Å². The average Bonchev–Trinajstić information content (AvgIpc) is 3.17. The van der Waals surface area contributed by atoms with Crippen LogP contribution in [0.2, 0.25) is 0 Å². The molecule has 2 aromatic heterocycles. The van der Waals surface area contributed by atoms with Crippen molar-refractivity contribution in [1.82, 2.24) is 19.9 Å². The van der Waals surface area contributed by atoms with E-state index < -0.39 is 11.6 Å². The molecule has 3 aromatic rings. The van der Waals surface area contributed by atoms with E-state index in [1.54, 1.807) is 7.05 Å². The summed E-state index contributed by atoms with van der Waals surface area (Å²) in [6.07, 6.45) is 2.82. The van der Waals surface area contributed by atoms with Gasteiger partial charge in [0.15, 0.2) is 22.4 Å². The van der Waals surface area contributed by atoms with Crippen molar-refractivity contribution >= 4 is 32.7 Å². The molecule has 0 radical (unpaired) electrons. The van der Waals surface area contributed by atoms with Crippen LogP contribution in [0.1, 0.15) is 18.4 Å². The van der Waals surface area contributed by atoms with Crippen molar-refractivity contribution in [3.05, 3.63) is 52.1 Å². The van der Waals surface area contributed by atoms with Crippen LogP contribution in [0.3, 0.4) is 0 Å². The van der Waals surface area contributed by atoms with E-state index in [2.05, 4.69) is 20.2 Å². The summed E-state index contributed by atoms with van der Waals surface area (Å²) in [6.45, 7) is 1.45. The van der Waals surface area contributed by atoms with Crippen LogP contribution < -0.4 is 15.8 Å². The number of amides is 1. The Morgan fingerprint density at radius 2 is 2.03 bits per heavy atom. The van der Waals surface area contributed by atoms with Crippen molar-refractivity contribution in [3.63, 3.8) is 0 Å². The predicted octanol–water partition coefficient (Wildman–Crippen LogP) is 2.14. The maximum absolute atomic E-state index is 13.4. The van der Waals surface area contributed by atoms with Crippen LogP contribution in [-0.2, 0) is 11.3 Å². The molecule has 0 saturated carbocycles. The molecule has 0 aliphatic carbocycles. The molecule has 1 aromatic carbocycles. The molecule has 0 spiro atoms. The summed E-state index contributed by atoms with van der Waals surface area (Å²) in [6, 6.07) is 3.54. The largest absolute Gasteiger partial charge is 0.359 e. The maximum atomic E-state index is 13.4. The second kappa shape index (κ2) is 7.86. The molecule has 1 saturated heterocycles. The number of hydrogen-bond donors (Lipinski definition) is 1. The van der Waals surface area contributed by atoms with Crippen LogP contribution in [0.15, 0.2) is 29.3 Å². The minimum atomic E-state index is -0.954. The molecule has 1 amide bonds. The highest BCUT2D eigenvalue weighted by molar-refractivity contribution is 7.22. The number of thiazole rings is 1. The normalized spacial score (nSPS) is 15.1. The topological polar surface area (TPSA) is 80.1 Å². The Kier molecular flexibility index (Phi) is 5.27. The van der Waals surface area contributed by atoms with E-state index in [-0.39, 0.29) is 23.9 Å². The van der Waals surface area contributed by atoms with Crippen LogP contribution in [0.4, 0.5) is 13.9 Å². The zero-order valence-electron chi connectivity index (χ0n) is 15.7. The lowest BCUT2D eigenvalue weighted by Gasteiger charge is -2.30. The summed E-state index contributed by atoms with van der Waals surface area (Å²) in [7, 11) is 1.64. The highest BCUT2D eigenvalue weighted by Gasteiger charge is 2.26. The van der Waals surface area contributed by atoms with Gasteiger partial charge < -0.3 is 10.2 Å². The fraction of sp³-hybridized carbons (Fsp3) is 0.368. The van der Waals surface area contributed by atoms with Crippen LogP contribution in [-0.4, -0.2) is 40.6 Å². The van der Waals surface area contributed by atoms with Gasteiger partial charge in [-0.25, -0.2) is 13.8 Å². The Hall–Kier alpha value is -2.88. The number of rotatable bonds is 4. The summed E-state index contributed by atoms with van der Waals surface area (Å²) in [5.41, 5.74) is 0.557. The van der Waals surface area contributed by atoms with E-state index in [4.69, 9.17) is 0 Å². The molecule has 0 atom stereocenters. The molecule has 1 aliphatic rings.